The fourth-order valence-corrected chi connectivity index (χ4v) is 5.90. The molecule has 1 aromatic carbocycles. The maximum Gasteiger partial charge on any atom is 0.324 e. The zero-order valence-corrected chi connectivity index (χ0v) is 22.7. The number of nitrogens with two attached hydrogens (primary N) is 1. The summed E-state index contributed by atoms with van der Waals surface area (Å²) in [6, 6.07) is 3.54. The lowest BCUT2D eigenvalue weighted by atomic mass is 9.92. The number of piperidine rings is 1. The van der Waals surface area contributed by atoms with Gasteiger partial charge >= 0.3 is 6.01 Å². The molecule has 3 fully saturated rings. The molecule has 2 saturated heterocycles. The highest BCUT2D eigenvalue weighted by Crippen LogP contribution is 2.44. The van der Waals surface area contributed by atoms with E-state index in [4.69, 9.17) is 15.0 Å². The Balaban J connectivity index is 1.01. The van der Waals surface area contributed by atoms with Crippen LogP contribution in [0.3, 0.4) is 0 Å². The lowest BCUT2D eigenvalue weighted by Crippen LogP contribution is -2.39. The lowest BCUT2D eigenvalue weighted by molar-refractivity contribution is 0.0218. The van der Waals surface area contributed by atoms with Gasteiger partial charge in [-0.25, -0.2) is 18.7 Å². The number of anilines is 2. The third-order valence-corrected chi connectivity index (χ3v) is 8.66. The van der Waals surface area contributed by atoms with Crippen molar-refractivity contribution >= 4 is 12.0 Å². The van der Waals surface area contributed by atoms with E-state index in [1.807, 2.05) is 11.8 Å². The van der Waals surface area contributed by atoms with Gasteiger partial charge in [0.2, 0.25) is 11.8 Å². The molecule has 3 N–H and O–H groups in total. The van der Waals surface area contributed by atoms with Crippen LogP contribution in [0.5, 0.6) is 5.75 Å². The number of aliphatic hydroxyl groups is 1. The van der Waals surface area contributed by atoms with Crippen LogP contribution in [0.2, 0.25) is 0 Å². The Morgan fingerprint density at radius 3 is 2.52 bits per heavy atom. The van der Waals surface area contributed by atoms with Crippen molar-refractivity contribution in [3.8, 4) is 5.75 Å². The topological polar surface area (TPSA) is 127 Å². The van der Waals surface area contributed by atoms with Crippen molar-refractivity contribution in [3.63, 3.8) is 0 Å². The summed E-state index contributed by atoms with van der Waals surface area (Å²) < 4.78 is 39.7. The first-order chi connectivity index (χ1) is 19.2. The molecule has 1 saturated carbocycles. The maximum absolute atomic E-state index is 14.3. The monoisotopic (exact) mass is 555 g/mol. The van der Waals surface area contributed by atoms with E-state index in [1.54, 1.807) is 19.3 Å². The van der Waals surface area contributed by atoms with E-state index in [0.717, 1.165) is 50.9 Å². The Hall–Kier alpha value is -3.38. The average Bonchev–Trinajstić information content (AvgIpc) is 3.58. The number of benzene rings is 1. The van der Waals surface area contributed by atoms with Crippen LogP contribution in [-0.4, -0.2) is 63.5 Å². The second-order valence-corrected chi connectivity index (χ2v) is 11.5. The predicted molar refractivity (Wildman–Crippen MR) is 143 cm³/mol. The van der Waals surface area contributed by atoms with E-state index in [9.17, 15) is 13.9 Å². The largest absolute Gasteiger partial charge is 0.487 e. The van der Waals surface area contributed by atoms with E-state index < -0.39 is 17.2 Å². The van der Waals surface area contributed by atoms with Gasteiger partial charge in [-0.3, -0.25) is 0 Å². The van der Waals surface area contributed by atoms with Gasteiger partial charge in [0.25, 0.3) is 0 Å². The van der Waals surface area contributed by atoms with Crippen molar-refractivity contribution in [1.29, 1.82) is 0 Å². The quantitative estimate of drug-likeness (QED) is 0.427. The Labute approximate surface area is 231 Å². The summed E-state index contributed by atoms with van der Waals surface area (Å²) in [6.07, 6.45) is 6.98. The molecule has 10 nitrogen and oxygen atoms in total. The molecule has 1 aliphatic carbocycles. The lowest BCUT2D eigenvalue weighted by Gasteiger charge is -2.33. The molecule has 6 rings (SSSR count). The second-order valence-electron chi connectivity index (χ2n) is 11.5. The summed E-state index contributed by atoms with van der Waals surface area (Å²) in [5.74, 6) is 0.631. The van der Waals surface area contributed by atoms with Gasteiger partial charge < -0.3 is 29.9 Å². The molecule has 214 valence electrons. The van der Waals surface area contributed by atoms with E-state index in [-0.39, 0.29) is 29.5 Å². The maximum atomic E-state index is 14.3. The van der Waals surface area contributed by atoms with E-state index in [0.29, 0.717) is 42.5 Å². The molecule has 12 heteroatoms. The van der Waals surface area contributed by atoms with Crippen molar-refractivity contribution < 1.29 is 23.1 Å². The Kier molecular flexibility index (Phi) is 7.07. The summed E-state index contributed by atoms with van der Waals surface area (Å²) >= 11 is 0. The predicted octanol–water partition coefficient (Wildman–Crippen LogP) is 3.37. The molecule has 0 radical (unpaired) electrons. The van der Waals surface area contributed by atoms with Crippen LogP contribution < -0.4 is 20.3 Å². The molecular weight excluding hydrogens is 520 g/mol. The fraction of sp³-hybridized carbons (Fsp3) is 0.571. The number of aromatic nitrogens is 4. The first-order valence-corrected chi connectivity index (χ1v) is 13.9. The van der Waals surface area contributed by atoms with Crippen LogP contribution in [0.4, 0.5) is 20.7 Å². The molecular formula is C28H35F2N7O3. The molecule has 0 bridgehead atoms. The number of halogens is 2. The zero-order valence-electron chi connectivity index (χ0n) is 22.7. The van der Waals surface area contributed by atoms with Gasteiger partial charge in [-0.15, -0.1) is 0 Å². The first-order valence-electron chi connectivity index (χ1n) is 13.9. The molecule has 0 unspecified atom stereocenters. The molecule has 40 heavy (non-hydrogen) atoms. The highest BCUT2D eigenvalue weighted by atomic mass is 19.1. The Morgan fingerprint density at radius 2 is 1.82 bits per heavy atom. The van der Waals surface area contributed by atoms with Crippen LogP contribution in [0.15, 0.2) is 35.1 Å². The Bertz CT molecular complexity index is 1330. The highest BCUT2D eigenvalue weighted by molar-refractivity contribution is 5.39. The molecule has 4 atom stereocenters. The van der Waals surface area contributed by atoms with Crippen LogP contribution in [0, 0.1) is 23.5 Å². The van der Waals surface area contributed by atoms with Gasteiger partial charge in [0.15, 0.2) is 5.75 Å². The number of rotatable bonds is 8. The highest BCUT2D eigenvalue weighted by Gasteiger charge is 2.45. The number of nitrogens with zero attached hydrogens (tertiary/aromatic N) is 6. The van der Waals surface area contributed by atoms with Crippen molar-refractivity contribution in [2.45, 2.75) is 63.2 Å². The molecule has 0 amide bonds. The number of hydrogen-bond acceptors (Lipinski definition) is 10. The van der Waals surface area contributed by atoms with Crippen LogP contribution in [-0.2, 0) is 5.60 Å². The van der Waals surface area contributed by atoms with Crippen molar-refractivity contribution in [2.75, 3.05) is 36.0 Å². The van der Waals surface area contributed by atoms with E-state index in [1.165, 1.54) is 6.07 Å². The van der Waals surface area contributed by atoms with Crippen molar-refractivity contribution in [3.05, 3.63) is 53.6 Å². The molecule has 0 spiro atoms. The molecule has 2 aromatic heterocycles. The molecule has 3 aromatic rings. The van der Waals surface area contributed by atoms with E-state index in [2.05, 4.69) is 25.0 Å². The van der Waals surface area contributed by atoms with Gasteiger partial charge in [0.05, 0.1) is 18.5 Å². The minimum absolute atomic E-state index is 0.0500. The molecule has 4 heterocycles. The zero-order chi connectivity index (χ0) is 28.0. The number of hydrogen-bond donors (Lipinski definition) is 2. The van der Waals surface area contributed by atoms with Gasteiger partial charge in [0.1, 0.15) is 17.2 Å². The van der Waals surface area contributed by atoms with Crippen molar-refractivity contribution in [1.82, 2.24) is 20.1 Å². The average molecular weight is 556 g/mol. The van der Waals surface area contributed by atoms with Gasteiger partial charge in [-0.05, 0) is 75.1 Å². The smallest absolute Gasteiger partial charge is 0.324 e. The standard InChI is InChI=1S/C28H35F2N7O3/c1-16(17-7-9-36(10-8-17)27-34-25(35-40-27)28(2,38)18-3-4-18)39-20-12-32-26(33-13-20)37-14-22(24(31)15-37)21-11-19(29)5-6-23(21)30/h5-6,11-13,16-18,22,24,38H,3-4,7-10,14-15,31H2,1-2H3/t16-,22+,24-,28+/m0/s1. The fourth-order valence-electron chi connectivity index (χ4n) is 5.90. The second kappa shape index (κ2) is 10.5. The van der Waals surface area contributed by atoms with Gasteiger partial charge in [-0.2, -0.15) is 4.98 Å². The third kappa shape index (κ3) is 5.34. The SMILES string of the molecule is C[C@H](Oc1cnc(N2C[C@H](c3cc(F)ccc3F)[C@@H](N)C2)nc1)C1CCN(c2nc([C@](C)(O)C3CC3)no2)CC1. The third-order valence-electron chi connectivity index (χ3n) is 8.66. The van der Waals surface area contributed by atoms with Crippen LogP contribution >= 0.6 is 0 Å². The summed E-state index contributed by atoms with van der Waals surface area (Å²) in [5, 5.41) is 14.7. The van der Waals surface area contributed by atoms with Crippen LogP contribution in [0.25, 0.3) is 0 Å². The first kappa shape index (κ1) is 26.8. The van der Waals surface area contributed by atoms with Crippen LogP contribution in [0.1, 0.15) is 56.8 Å². The molecule has 3 aliphatic rings. The van der Waals surface area contributed by atoms with E-state index >= 15 is 0 Å². The number of ether oxygens (including phenoxy) is 1. The summed E-state index contributed by atoms with van der Waals surface area (Å²) in [4.78, 5) is 17.4. The normalized spacial score (nSPS) is 24.2. The summed E-state index contributed by atoms with van der Waals surface area (Å²) in [7, 11) is 0. The van der Waals surface area contributed by atoms with Gasteiger partial charge in [0, 0.05) is 38.1 Å². The minimum Gasteiger partial charge on any atom is -0.487 e. The Morgan fingerprint density at radius 1 is 1.10 bits per heavy atom. The minimum atomic E-state index is -1.04. The van der Waals surface area contributed by atoms with Crippen molar-refractivity contribution in [2.24, 2.45) is 17.6 Å². The summed E-state index contributed by atoms with van der Waals surface area (Å²) in [5.41, 5.74) is 5.52. The molecule has 2 aliphatic heterocycles. The summed E-state index contributed by atoms with van der Waals surface area (Å²) in [6.45, 7) is 6.15. The van der Waals surface area contributed by atoms with Gasteiger partial charge in [-0.1, -0.05) is 5.16 Å².